The highest BCUT2D eigenvalue weighted by Crippen LogP contribution is 2.22. The van der Waals surface area contributed by atoms with E-state index in [0.717, 1.165) is 17.1 Å². The van der Waals surface area contributed by atoms with Gasteiger partial charge in [-0.1, -0.05) is 0 Å². The molecule has 4 rings (SSSR count). The molecule has 0 bridgehead atoms. The summed E-state index contributed by atoms with van der Waals surface area (Å²) in [5.74, 6) is -0.747. The highest BCUT2D eigenvalue weighted by atomic mass is 16.2. The molecule has 0 radical (unpaired) electrons. The lowest BCUT2D eigenvalue weighted by Crippen LogP contribution is -2.21. The first kappa shape index (κ1) is 25.9. The summed E-state index contributed by atoms with van der Waals surface area (Å²) in [5.41, 5.74) is 10.8. The van der Waals surface area contributed by atoms with Gasteiger partial charge < -0.3 is 32.3 Å². The highest BCUT2D eigenvalue weighted by Gasteiger charge is 2.08. The number of hydrogen-bond acceptors (Lipinski definition) is 6. The smallest absolute Gasteiger partial charge is 0.255 e. The lowest BCUT2D eigenvalue weighted by molar-refractivity contribution is -0.114. The van der Waals surface area contributed by atoms with Crippen molar-refractivity contribution in [3.63, 3.8) is 0 Å². The van der Waals surface area contributed by atoms with Crippen LogP contribution >= 0.6 is 0 Å². The summed E-state index contributed by atoms with van der Waals surface area (Å²) in [6.07, 6.45) is 0. The number of anilines is 6. The number of carbonyl (C=O) groups is 3. The minimum atomic E-state index is -0.301. The monoisotopic (exact) mass is 508 g/mol. The second kappa shape index (κ2) is 12.2. The minimum Gasteiger partial charge on any atom is -0.388 e. The summed E-state index contributed by atoms with van der Waals surface area (Å²) in [4.78, 5) is 36.4. The van der Waals surface area contributed by atoms with Gasteiger partial charge in [0.25, 0.3) is 11.8 Å². The molecular weight excluding hydrogens is 480 g/mol. The van der Waals surface area contributed by atoms with Crippen LogP contribution in [-0.2, 0) is 4.79 Å². The lowest BCUT2D eigenvalue weighted by atomic mass is 10.2. The van der Waals surface area contributed by atoms with Crippen LogP contribution < -0.4 is 32.3 Å². The number of rotatable bonds is 9. The molecule has 38 heavy (non-hydrogen) atoms. The van der Waals surface area contributed by atoms with Crippen molar-refractivity contribution in [1.82, 2.24) is 0 Å². The molecule has 9 heteroatoms. The first-order valence-corrected chi connectivity index (χ1v) is 11.9. The van der Waals surface area contributed by atoms with E-state index in [-0.39, 0.29) is 24.3 Å². The molecular formula is C29H28N6O3. The zero-order valence-electron chi connectivity index (χ0n) is 20.7. The predicted octanol–water partition coefficient (Wildman–Crippen LogP) is 4.87. The van der Waals surface area contributed by atoms with Crippen molar-refractivity contribution in [2.24, 2.45) is 5.73 Å². The first-order valence-electron chi connectivity index (χ1n) is 11.9. The molecule has 0 spiro atoms. The maximum atomic E-state index is 12.5. The summed E-state index contributed by atoms with van der Waals surface area (Å²) < 4.78 is 0. The summed E-state index contributed by atoms with van der Waals surface area (Å²) in [6, 6.07) is 28.5. The molecule has 9 nitrogen and oxygen atoms in total. The molecule has 0 aliphatic rings. The second-order valence-electron chi connectivity index (χ2n) is 8.34. The standard InChI is InChI=1S/C29H28N6O3/c1-31-21-6-2-19(3-7-21)28(37)34-25-14-10-22(11-15-25)32-23-12-16-26(17-13-23)35-29(38)20-4-8-24(9-5-20)33-27(36)18-30/h2-17,31-32H,18,30H2,1H3,(H,33,36)(H,34,37)(H,35,38). The van der Waals surface area contributed by atoms with Crippen LogP contribution in [0.5, 0.6) is 0 Å². The summed E-state index contributed by atoms with van der Waals surface area (Å²) >= 11 is 0. The van der Waals surface area contributed by atoms with Crippen LogP contribution in [0.15, 0.2) is 97.1 Å². The van der Waals surface area contributed by atoms with Gasteiger partial charge in [-0.25, -0.2) is 0 Å². The average molecular weight is 509 g/mol. The fourth-order valence-electron chi connectivity index (χ4n) is 3.55. The minimum absolute atomic E-state index is 0.108. The number of nitrogens with two attached hydrogens (primary N) is 1. The molecule has 3 amide bonds. The van der Waals surface area contributed by atoms with Gasteiger partial charge >= 0.3 is 0 Å². The number of nitrogens with one attached hydrogen (secondary N) is 5. The highest BCUT2D eigenvalue weighted by molar-refractivity contribution is 6.05. The quantitative estimate of drug-likeness (QED) is 0.191. The van der Waals surface area contributed by atoms with E-state index in [1.165, 1.54) is 0 Å². The van der Waals surface area contributed by atoms with Crippen molar-refractivity contribution in [3.05, 3.63) is 108 Å². The van der Waals surface area contributed by atoms with Gasteiger partial charge in [0, 0.05) is 52.3 Å². The Balaban J connectivity index is 1.29. The lowest BCUT2D eigenvalue weighted by Gasteiger charge is -2.11. The van der Waals surface area contributed by atoms with E-state index < -0.39 is 0 Å². The third-order valence-corrected chi connectivity index (χ3v) is 5.63. The SMILES string of the molecule is CNc1ccc(C(=O)Nc2ccc(Nc3ccc(NC(=O)c4ccc(NC(=O)CN)cc4)cc3)cc2)cc1. The van der Waals surface area contributed by atoms with E-state index in [1.807, 2.05) is 55.6 Å². The fraction of sp³-hybridized carbons (Fsp3) is 0.0690. The van der Waals surface area contributed by atoms with Crippen LogP contribution in [0, 0.1) is 0 Å². The Bertz CT molecular complexity index is 1400. The van der Waals surface area contributed by atoms with Crippen molar-refractivity contribution < 1.29 is 14.4 Å². The number of carbonyl (C=O) groups excluding carboxylic acids is 3. The van der Waals surface area contributed by atoms with Gasteiger partial charge in [0.2, 0.25) is 5.91 Å². The van der Waals surface area contributed by atoms with E-state index in [0.29, 0.717) is 28.2 Å². The van der Waals surface area contributed by atoms with Crippen LogP contribution in [0.3, 0.4) is 0 Å². The second-order valence-corrected chi connectivity index (χ2v) is 8.34. The molecule has 0 fully saturated rings. The summed E-state index contributed by atoms with van der Waals surface area (Å²) in [5, 5.41) is 14.7. The van der Waals surface area contributed by atoms with Gasteiger partial charge in [0.05, 0.1) is 6.54 Å². The predicted molar refractivity (Wildman–Crippen MR) is 152 cm³/mol. The van der Waals surface area contributed by atoms with Crippen LogP contribution in [0.2, 0.25) is 0 Å². The Morgan fingerprint density at radius 2 is 0.868 bits per heavy atom. The Morgan fingerprint density at radius 3 is 1.26 bits per heavy atom. The Morgan fingerprint density at radius 1 is 0.526 bits per heavy atom. The van der Waals surface area contributed by atoms with Crippen molar-refractivity contribution >= 4 is 51.8 Å². The van der Waals surface area contributed by atoms with E-state index in [9.17, 15) is 14.4 Å². The molecule has 4 aromatic carbocycles. The van der Waals surface area contributed by atoms with E-state index in [2.05, 4.69) is 26.6 Å². The van der Waals surface area contributed by atoms with Crippen molar-refractivity contribution in [2.75, 3.05) is 40.2 Å². The molecule has 0 aliphatic heterocycles. The Hall–Kier alpha value is -5.15. The van der Waals surface area contributed by atoms with Crippen LogP contribution in [0.25, 0.3) is 0 Å². The van der Waals surface area contributed by atoms with Gasteiger partial charge in [0.15, 0.2) is 0 Å². The maximum absolute atomic E-state index is 12.5. The summed E-state index contributed by atoms with van der Waals surface area (Å²) in [7, 11) is 1.83. The number of hydrogen-bond donors (Lipinski definition) is 6. The Kier molecular flexibility index (Phi) is 8.32. The first-order chi connectivity index (χ1) is 18.4. The fourth-order valence-corrected chi connectivity index (χ4v) is 3.55. The average Bonchev–Trinajstić information content (AvgIpc) is 2.95. The maximum Gasteiger partial charge on any atom is 0.255 e. The molecule has 0 heterocycles. The molecule has 0 aromatic heterocycles. The number of amides is 3. The topological polar surface area (TPSA) is 137 Å². The van der Waals surface area contributed by atoms with Gasteiger partial charge in [-0.3, -0.25) is 14.4 Å². The van der Waals surface area contributed by atoms with E-state index in [1.54, 1.807) is 48.5 Å². The molecule has 0 unspecified atom stereocenters. The molecule has 4 aromatic rings. The third-order valence-electron chi connectivity index (χ3n) is 5.63. The van der Waals surface area contributed by atoms with Crippen LogP contribution in [0.1, 0.15) is 20.7 Å². The largest absolute Gasteiger partial charge is 0.388 e. The third kappa shape index (κ3) is 6.96. The molecule has 0 saturated heterocycles. The van der Waals surface area contributed by atoms with Gasteiger partial charge in [-0.05, 0) is 97.1 Å². The zero-order chi connectivity index (χ0) is 26.9. The van der Waals surface area contributed by atoms with Crippen molar-refractivity contribution in [3.8, 4) is 0 Å². The van der Waals surface area contributed by atoms with Crippen molar-refractivity contribution in [1.29, 1.82) is 0 Å². The normalized spacial score (nSPS) is 10.3. The van der Waals surface area contributed by atoms with Crippen molar-refractivity contribution in [2.45, 2.75) is 0 Å². The number of benzene rings is 4. The molecule has 192 valence electrons. The van der Waals surface area contributed by atoms with E-state index in [4.69, 9.17) is 5.73 Å². The molecule has 0 saturated carbocycles. The summed E-state index contributed by atoms with van der Waals surface area (Å²) in [6.45, 7) is -0.108. The van der Waals surface area contributed by atoms with Gasteiger partial charge in [-0.2, -0.15) is 0 Å². The molecule has 7 N–H and O–H groups in total. The zero-order valence-corrected chi connectivity index (χ0v) is 20.7. The molecule has 0 atom stereocenters. The van der Waals surface area contributed by atoms with Crippen LogP contribution in [-0.4, -0.2) is 31.3 Å². The van der Waals surface area contributed by atoms with Crippen LogP contribution in [0.4, 0.5) is 34.1 Å². The van der Waals surface area contributed by atoms with Gasteiger partial charge in [0.1, 0.15) is 0 Å². The Labute approximate surface area is 220 Å². The van der Waals surface area contributed by atoms with Gasteiger partial charge in [-0.15, -0.1) is 0 Å². The van der Waals surface area contributed by atoms with E-state index >= 15 is 0 Å². The molecule has 0 aliphatic carbocycles.